The van der Waals surface area contributed by atoms with Crippen molar-refractivity contribution in [1.82, 2.24) is 5.32 Å². The zero-order chi connectivity index (χ0) is 14.1. The highest BCUT2D eigenvalue weighted by Gasteiger charge is 2.06. The third kappa shape index (κ3) is 6.84. The van der Waals surface area contributed by atoms with Crippen LogP contribution < -0.4 is 5.32 Å². The molecule has 0 bridgehead atoms. The zero-order valence-electron chi connectivity index (χ0n) is 10.9. The minimum absolute atomic E-state index is 0.0233. The van der Waals surface area contributed by atoms with Gasteiger partial charge in [0.25, 0.3) is 0 Å². The Morgan fingerprint density at radius 3 is 2.68 bits per heavy atom. The molecule has 1 aromatic carbocycles. The quantitative estimate of drug-likeness (QED) is 0.732. The smallest absolute Gasteiger partial charge is 0.220 e. The normalized spacial score (nSPS) is 12.1. The zero-order valence-corrected chi connectivity index (χ0v) is 13.3. The van der Waals surface area contributed by atoms with Crippen molar-refractivity contribution < 1.29 is 13.7 Å². The lowest BCUT2D eigenvalue weighted by Gasteiger charge is -2.05. The Labute approximate surface area is 124 Å². The van der Waals surface area contributed by atoms with E-state index in [1.807, 2.05) is 24.3 Å². The van der Waals surface area contributed by atoms with Crippen molar-refractivity contribution in [2.24, 2.45) is 0 Å². The van der Waals surface area contributed by atoms with Crippen molar-refractivity contribution in [3.8, 4) is 0 Å². The summed E-state index contributed by atoms with van der Waals surface area (Å²) in [7, 11) is 0.550. The van der Waals surface area contributed by atoms with Crippen LogP contribution >= 0.6 is 15.9 Å². The summed E-state index contributed by atoms with van der Waals surface area (Å²) in [5, 5.41) is 2.74. The van der Waals surface area contributed by atoms with Crippen molar-refractivity contribution in [2.45, 2.75) is 17.7 Å². The monoisotopic (exact) mass is 347 g/mol. The molecule has 0 saturated carbocycles. The minimum atomic E-state index is -1.04. The molecule has 6 heteroatoms. The number of rotatable bonds is 8. The molecule has 0 fully saturated rings. The van der Waals surface area contributed by atoms with Gasteiger partial charge in [0.05, 0.1) is 17.4 Å². The molecule has 0 radical (unpaired) electrons. The van der Waals surface area contributed by atoms with Crippen LogP contribution in [0.4, 0.5) is 0 Å². The molecule has 1 unspecified atom stereocenters. The molecule has 0 aliphatic carbocycles. The van der Waals surface area contributed by atoms with E-state index in [1.54, 1.807) is 7.11 Å². The van der Waals surface area contributed by atoms with Crippen LogP contribution in [0.2, 0.25) is 0 Å². The number of nitrogens with one attached hydrogen (secondary N) is 1. The van der Waals surface area contributed by atoms with Crippen LogP contribution in [0.5, 0.6) is 0 Å². The van der Waals surface area contributed by atoms with E-state index in [2.05, 4.69) is 21.2 Å². The third-order valence-corrected chi connectivity index (χ3v) is 4.42. The van der Waals surface area contributed by atoms with Gasteiger partial charge in [-0.05, 0) is 30.7 Å². The number of methoxy groups -OCH3 is 1. The van der Waals surface area contributed by atoms with Gasteiger partial charge < -0.3 is 10.1 Å². The Bertz CT molecular complexity index is 422. The van der Waals surface area contributed by atoms with Crippen LogP contribution in [0.1, 0.15) is 12.8 Å². The number of amides is 1. The lowest BCUT2D eigenvalue weighted by Crippen LogP contribution is -2.26. The molecule has 106 valence electrons. The number of hydrogen-bond acceptors (Lipinski definition) is 3. The topological polar surface area (TPSA) is 55.4 Å². The van der Waals surface area contributed by atoms with Crippen LogP contribution in [-0.2, 0) is 20.3 Å². The second-order valence-corrected chi connectivity index (χ2v) is 6.44. The molecule has 0 spiro atoms. The maximum absolute atomic E-state index is 11.9. The van der Waals surface area contributed by atoms with Crippen molar-refractivity contribution in [3.05, 3.63) is 28.7 Å². The first-order chi connectivity index (χ1) is 9.13. The Hall–Kier alpha value is -0.720. The number of carbonyl (C=O) groups excluding carboxylic acids is 1. The first-order valence-electron chi connectivity index (χ1n) is 6.03. The van der Waals surface area contributed by atoms with Gasteiger partial charge in [0, 0.05) is 35.2 Å². The van der Waals surface area contributed by atoms with E-state index in [0.29, 0.717) is 31.7 Å². The Kier molecular flexibility index (Phi) is 7.93. The van der Waals surface area contributed by atoms with E-state index in [0.717, 1.165) is 9.37 Å². The van der Waals surface area contributed by atoms with Crippen molar-refractivity contribution in [2.75, 3.05) is 26.0 Å². The molecule has 4 nitrogen and oxygen atoms in total. The molecule has 0 aliphatic rings. The molecule has 1 N–H and O–H groups in total. The molecule has 0 heterocycles. The molecule has 1 aromatic rings. The summed E-state index contributed by atoms with van der Waals surface area (Å²) in [6.07, 6.45) is 1.01. The summed E-state index contributed by atoms with van der Waals surface area (Å²) in [6.45, 7) is 1.03. The fourth-order valence-electron chi connectivity index (χ4n) is 1.45. The lowest BCUT2D eigenvalue weighted by molar-refractivity contribution is -0.121. The van der Waals surface area contributed by atoms with E-state index in [9.17, 15) is 9.00 Å². The van der Waals surface area contributed by atoms with Crippen molar-refractivity contribution in [3.63, 3.8) is 0 Å². The maximum Gasteiger partial charge on any atom is 0.220 e. The van der Waals surface area contributed by atoms with Gasteiger partial charge >= 0.3 is 0 Å². The van der Waals surface area contributed by atoms with Gasteiger partial charge in [0.15, 0.2) is 0 Å². The van der Waals surface area contributed by atoms with Crippen LogP contribution in [-0.4, -0.2) is 36.1 Å². The van der Waals surface area contributed by atoms with Gasteiger partial charge in [-0.3, -0.25) is 9.00 Å². The predicted molar refractivity (Wildman–Crippen MR) is 79.5 cm³/mol. The van der Waals surface area contributed by atoms with Crippen LogP contribution in [0, 0.1) is 0 Å². The van der Waals surface area contributed by atoms with E-state index in [1.165, 1.54) is 0 Å². The van der Waals surface area contributed by atoms with Gasteiger partial charge in [-0.1, -0.05) is 15.9 Å². The molecular weight excluding hydrogens is 330 g/mol. The van der Waals surface area contributed by atoms with E-state index < -0.39 is 10.8 Å². The SMILES string of the molecule is COCCNC(=O)CCCS(=O)c1ccc(Br)cc1. The standard InChI is InChI=1S/C13H18BrNO3S/c1-18-9-8-15-13(16)3-2-10-19(17)12-6-4-11(14)5-7-12/h4-7H,2-3,8-10H2,1H3,(H,15,16). The molecular formula is C13H18BrNO3S. The Morgan fingerprint density at radius 2 is 2.05 bits per heavy atom. The second kappa shape index (κ2) is 9.23. The van der Waals surface area contributed by atoms with Gasteiger partial charge in [-0.25, -0.2) is 0 Å². The number of carbonyl (C=O) groups is 1. The van der Waals surface area contributed by atoms with E-state index >= 15 is 0 Å². The third-order valence-electron chi connectivity index (χ3n) is 2.44. The van der Waals surface area contributed by atoms with Crippen molar-refractivity contribution in [1.29, 1.82) is 0 Å². The molecule has 0 aliphatic heterocycles. The van der Waals surface area contributed by atoms with Gasteiger partial charge in [-0.2, -0.15) is 0 Å². The fraction of sp³-hybridized carbons (Fsp3) is 0.462. The Balaban J connectivity index is 2.23. The number of halogens is 1. The van der Waals surface area contributed by atoms with Gasteiger partial charge in [-0.15, -0.1) is 0 Å². The highest BCUT2D eigenvalue weighted by atomic mass is 79.9. The number of benzene rings is 1. The molecule has 1 atom stereocenters. The van der Waals surface area contributed by atoms with Gasteiger partial charge in [0.2, 0.25) is 5.91 Å². The van der Waals surface area contributed by atoms with E-state index in [-0.39, 0.29) is 5.91 Å². The minimum Gasteiger partial charge on any atom is -0.383 e. The average Bonchev–Trinajstić information content (AvgIpc) is 2.39. The first kappa shape index (κ1) is 16.3. The van der Waals surface area contributed by atoms with Gasteiger partial charge in [0.1, 0.15) is 0 Å². The summed E-state index contributed by atoms with van der Waals surface area (Å²) in [6, 6.07) is 7.40. The summed E-state index contributed by atoms with van der Waals surface area (Å²) < 4.78 is 17.7. The lowest BCUT2D eigenvalue weighted by atomic mass is 10.3. The maximum atomic E-state index is 11.9. The molecule has 0 aromatic heterocycles. The summed E-state index contributed by atoms with van der Waals surface area (Å²) >= 11 is 3.33. The highest BCUT2D eigenvalue weighted by molar-refractivity contribution is 9.10. The molecule has 19 heavy (non-hydrogen) atoms. The number of hydrogen-bond donors (Lipinski definition) is 1. The van der Waals surface area contributed by atoms with Crippen LogP contribution in [0.3, 0.4) is 0 Å². The Morgan fingerprint density at radius 1 is 1.37 bits per heavy atom. The fourth-order valence-corrected chi connectivity index (χ4v) is 2.80. The second-order valence-electron chi connectivity index (χ2n) is 3.95. The van der Waals surface area contributed by atoms with Crippen LogP contribution in [0.25, 0.3) is 0 Å². The largest absolute Gasteiger partial charge is 0.383 e. The summed E-state index contributed by atoms with van der Waals surface area (Å²) in [5.74, 6) is 0.476. The highest BCUT2D eigenvalue weighted by Crippen LogP contribution is 2.14. The van der Waals surface area contributed by atoms with Crippen molar-refractivity contribution >= 4 is 32.6 Å². The molecule has 1 rings (SSSR count). The molecule has 0 saturated heterocycles. The first-order valence-corrected chi connectivity index (χ1v) is 8.14. The summed E-state index contributed by atoms with van der Waals surface area (Å²) in [4.78, 5) is 12.2. The predicted octanol–water partition coefficient (Wildman–Crippen LogP) is 2.10. The molecule has 1 amide bonds. The van der Waals surface area contributed by atoms with E-state index in [4.69, 9.17) is 4.74 Å². The summed E-state index contributed by atoms with van der Waals surface area (Å²) in [5.41, 5.74) is 0. The average molecular weight is 348 g/mol. The number of ether oxygens (including phenoxy) is 1. The van der Waals surface area contributed by atoms with Crippen LogP contribution in [0.15, 0.2) is 33.6 Å².